The van der Waals surface area contributed by atoms with Crippen LogP contribution in [-0.2, 0) is 0 Å². The standard InChI is InChI=1S/C17H17ClN2/c18-15-7-6-14-8-9-19-17(16(14)13-15)5-4-12-20-10-2-1-3-11-20/h6-9,13H,1-3,10-12H2. The number of nitrogens with zero attached hydrogens (tertiary/aromatic N) is 2. The van der Waals surface area contributed by atoms with Crippen LogP contribution < -0.4 is 0 Å². The summed E-state index contributed by atoms with van der Waals surface area (Å²) in [5, 5.41) is 2.89. The smallest absolute Gasteiger partial charge is 0.121 e. The summed E-state index contributed by atoms with van der Waals surface area (Å²) in [4.78, 5) is 6.79. The van der Waals surface area contributed by atoms with Crippen LogP contribution in [-0.4, -0.2) is 29.5 Å². The number of benzene rings is 1. The summed E-state index contributed by atoms with van der Waals surface area (Å²) in [6, 6.07) is 7.83. The quantitative estimate of drug-likeness (QED) is 0.742. The molecule has 0 radical (unpaired) electrons. The molecule has 102 valence electrons. The SMILES string of the molecule is Clc1ccc2ccnc(C#CCN3CCCCC3)c2c1. The fraction of sp³-hybridized carbons (Fsp3) is 0.353. The van der Waals surface area contributed by atoms with Crippen LogP contribution in [0, 0.1) is 11.8 Å². The molecule has 1 fully saturated rings. The first kappa shape index (κ1) is 13.4. The Morgan fingerprint density at radius 2 is 2.00 bits per heavy atom. The highest BCUT2D eigenvalue weighted by atomic mass is 35.5. The Kier molecular flexibility index (Phi) is 4.20. The Morgan fingerprint density at radius 3 is 2.85 bits per heavy atom. The molecule has 2 heterocycles. The van der Waals surface area contributed by atoms with E-state index in [-0.39, 0.29) is 0 Å². The summed E-state index contributed by atoms with van der Waals surface area (Å²) >= 11 is 6.06. The van der Waals surface area contributed by atoms with E-state index in [2.05, 4.69) is 21.7 Å². The molecule has 0 unspecified atom stereocenters. The van der Waals surface area contributed by atoms with Crippen molar-refractivity contribution in [2.24, 2.45) is 0 Å². The number of aromatic nitrogens is 1. The van der Waals surface area contributed by atoms with Crippen molar-refractivity contribution in [3.05, 3.63) is 41.2 Å². The van der Waals surface area contributed by atoms with Crippen molar-refractivity contribution in [1.29, 1.82) is 0 Å². The lowest BCUT2D eigenvalue weighted by molar-refractivity contribution is 0.255. The molecule has 0 N–H and O–H groups in total. The topological polar surface area (TPSA) is 16.1 Å². The number of hydrogen-bond acceptors (Lipinski definition) is 2. The van der Waals surface area contributed by atoms with Gasteiger partial charge in [-0.3, -0.25) is 4.90 Å². The highest BCUT2D eigenvalue weighted by molar-refractivity contribution is 6.31. The lowest BCUT2D eigenvalue weighted by Crippen LogP contribution is -2.29. The maximum absolute atomic E-state index is 6.06. The van der Waals surface area contributed by atoms with Gasteiger partial charge in [-0.1, -0.05) is 30.0 Å². The summed E-state index contributed by atoms with van der Waals surface area (Å²) in [7, 11) is 0. The third kappa shape index (κ3) is 3.12. The maximum Gasteiger partial charge on any atom is 0.121 e. The van der Waals surface area contributed by atoms with Crippen LogP contribution in [0.4, 0.5) is 0 Å². The second kappa shape index (κ2) is 6.26. The number of likely N-dealkylation sites (tertiary alicyclic amines) is 1. The summed E-state index contributed by atoms with van der Waals surface area (Å²) in [6.07, 6.45) is 5.75. The third-order valence-electron chi connectivity index (χ3n) is 3.69. The minimum absolute atomic E-state index is 0.726. The molecule has 0 amide bonds. The van der Waals surface area contributed by atoms with Gasteiger partial charge in [0, 0.05) is 16.6 Å². The zero-order valence-electron chi connectivity index (χ0n) is 11.4. The van der Waals surface area contributed by atoms with E-state index < -0.39 is 0 Å². The molecule has 0 aliphatic carbocycles. The van der Waals surface area contributed by atoms with Gasteiger partial charge < -0.3 is 0 Å². The van der Waals surface area contributed by atoms with Crippen LogP contribution >= 0.6 is 11.6 Å². The van der Waals surface area contributed by atoms with E-state index in [0.717, 1.165) is 28.0 Å². The largest absolute Gasteiger partial charge is 0.292 e. The molecule has 1 saturated heterocycles. The van der Waals surface area contributed by atoms with Crippen molar-refractivity contribution in [3.8, 4) is 11.8 Å². The molecule has 0 bridgehead atoms. The number of hydrogen-bond donors (Lipinski definition) is 0. The molecule has 20 heavy (non-hydrogen) atoms. The second-order valence-electron chi connectivity index (χ2n) is 5.16. The Labute approximate surface area is 124 Å². The molecule has 1 aliphatic rings. The molecule has 0 saturated carbocycles. The van der Waals surface area contributed by atoms with Gasteiger partial charge in [-0.2, -0.15) is 0 Å². The molecule has 0 atom stereocenters. The first-order chi connectivity index (χ1) is 9.83. The molecule has 1 aromatic carbocycles. The predicted molar refractivity (Wildman–Crippen MR) is 83.9 cm³/mol. The Morgan fingerprint density at radius 1 is 1.15 bits per heavy atom. The fourth-order valence-corrected chi connectivity index (χ4v) is 2.76. The van der Waals surface area contributed by atoms with Crippen molar-refractivity contribution in [2.75, 3.05) is 19.6 Å². The van der Waals surface area contributed by atoms with Gasteiger partial charge in [0.2, 0.25) is 0 Å². The molecule has 3 rings (SSSR count). The van der Waals surface area contributed by atoms with Crippen LogP contribution in [0.2, 0.25) is 5.02 Å². The molecule has 1 aromatic heterocycles. The van der Waals surface area contributed by atoms with Gasteiger partial charge in [-0.15, -0.1) is 0 Å². The summed E-state index contributed by atoms with van der Waals surface area (Å²) < 4.78 is 0. The first-order valence-electron chi connectivity index (χ1n) is 7.08. The lowest BCUT2D eigenvalue weighted by atomic mass is 10.1. The normalized spacial score (nSPS) is 15.8. The Balaban J connectivity index is 1.82. The summed E-state index contributed by atoms with van der Waals surface area (Å²) in [5.41, 5.74) is 0.821. The van der Waals surface area contributed by atoms with E-state index in [9.17, 15) is 0 Å². The number of fused-ring (bicyclic) bond motifs is 1. The summed E-state index contributed by atoms with van der Waals surface area (Å²) in [5.74, 6) is 6.45. The molecule has 1 aliphatic heterocycles. The van der Waals surface area contributed by atoms with Gasteiger partial charge in [0.05, 0.1) is 6.54 Å². The van der Waals surface area contributed by atoms with E-state index in [1.165, 1.54) is 32.4 Å². The average molecular weight is 285 g/mol. The van der Waals surface area contributed by atoms with Crippen molar-refractivity contribution < 1.29 is 0 Å². The molecular formula is C17H17ClN2. The van der Waals surface area contributed by atoms with Crippen molar-refractivity contribution >= 4 is 22.4 Å². The van der Waals surface area contributed by atoms with Gasteiger partial charge in [0.1, 0.15) is 5.69 Å². The number of halogens is 1. The van der Waals surface area contributed by atoms with E-state index >= 15 is 0 Å². The monoisotopic (exact) mass is 284 g/mol. The van der Waals surface area contributed by atoms with Crippen LogP contribution in [0.1, 0.15) is 25.0 Å². The van der Waals surface area contributed by atoms with Crippen LogP contribution in [0.15, 0.2) is 30.5 Å². The van der Waals surface area contributed by atoms with Gasteiger partial charge in [0.15, 0.2) is 0 Å². The zero-order chi connectivity index (χ0) is 13.8. The molecule has 0 spiro atoms. The maximum atomic E-state index is 6.06. The highest BCUT2D eigenvalue weighted by Gasteiger charge is 2.07. The second-order valence-corrected chi connectivity index (χ2v) is 5.60. The van der Waals surface area contributed by atoms with E-state index in [1.807, 2.05) is 24.3 Å². The van der Waals surface area contributed by atoms with Gasteiger partial charge in [0.25, 0.3) is 0 Å². The van der Waals surface area contributed by atoms with E-state index in [4.69, 9.17) is 11.6 Å². The number of rotatable bonds is 1. The highest BCUT2D eigenvalue weighted by Crippen LogP contribution is 2.20. The van der Waals surface area contributed by atoms with Gasteiger partial charge in [-0.25, -0.2) is 4.98 Å². The average Bonchev–Trinajstić information content (AvgIpc) is 2.49. The van der Waals surface area contributed by atoms with Crippen molar-refractivity contribution in [3.63, 3.8) is 0 Å². The third-order valence-corrected chi connectivity index (χ3v) is 3.92. The number of pyridine rings is 1. The molecular weight excluding hydrogens is 268 g/mol. The van der Waals surface area contributed by atoms with Crippen molar-refractivity contribution in [1.82, 2.24) is 9.88 Å². The minimum Gasteiger partial charge on any atom is -0.292 e. The molecule has 2 nitrogen and oxygen atoms in total. The van der Waals surface area contributed by atoms with Gasteiger partial charge in [-0.05, 0) is 55.4 Å². The Bertz CT molecular complexity index is 663. The minimum atomic E-state index is 0.726. The van der Waals surface area contributed by atoms with E-state index in [0.29, 0.717) is 0 Å². The number of piperidine rings is 1. The summed E-state index contributed by atoms with van der Waals surface area (Å²) in [6.45, 7) is 3.17. The van der Waals surface area contributed by atoms with Crippen LogP contribution in [0.25, 0.3) is 10.8 Å². The van der Waals surface area contributed by atoms with Crippen LogP contribution in [0.5, 0.6) is 0 Å². The van der Waals surface area contributed by atoms with Crippen LogP contribution in [0.3, 0.4) is 0 Å². The first-order valence-corrected chi connectivity index (χ1v) is 7.46. The Hall–Kier alpha value is -1.56. The molecule has 3 heteroatoms. The zero-order valence-corrected chi connectivity index (χ0v) is 12.2. The van der Waals surface area contributed by atoms with Crippen molar-refractivity contribution in [2.45, 2.75) is 19.3 Å². The van der Waals surface area contributed by atoms with E-state index in [1.54, 1.807) is 6.20 Å². The lowest BCUT2D eigenvalue weighted by Gasteiger charge is -2.23. The predicted octanol–water partition coefficient (Wildman–Crippen LogP) is 3.73. The molecule has 2 aromatic rings. The van der Waals surface area contributed by atoms with Gasteiger partial charge >= 0.3 is 0 Å². The fourth-order valence-electron chi connectivity index (χ4n) is 2.59.